The van der Waals surface area contributed by atoms with Crippen LogP contribution in [0.25, 0.3) is 0 Å². The lowest BCUT2D eigenvalue weighted by Crippen LogP contribution is -2.51. The van der Waals surface area contributed by atoms with Gasteiger partial charge in [-0.25, -0.2) is 8.42 Å². The molecule has 0 bridgehead atoms. The fourth-order valence-electron chi connectivity index (χ4n) is 1.78. The van der Waals surface area contributed by atoms with Crippen LogP contribution in [0.4, 0.5) is 0 Å². The number of hydrogen-bond acceptors (Lipinski definition) is 4. The van der Waals surface area contributed by atoms with Crippen LogP contribution in [-0.2, 0) is 10.0 Å². The minimum atomic E-state index is -3.64. The van der Waals surface area contributed by atoms with Gasteiger partial charge in [-0.15, -0.1) is 0 Å². The molecule has 0 unspecified atom stereocenters. The normalized spacial score (nSPS) is 17.2. The van der Waals surface area contributed by atoms with Gasteiger partial charge < -0.3 is 5.11 Å². The highest BCUT2D eigenvalue weighted by Gasteiger charge is 2.37. The standard InChI is InChI=1S/C11H11BrN2O3S/c12-10-2-1-9(4-13)11(3-10)18(16,17)14-5-8(6-14)7-15/h1-3,8,15H,5-7H2. The molecule has 1 fully saturated rings. The predicted octanol–water partition coefficient (Wildman–Crippen LogP) is 0.934. The first-order chi connectivity index (χ1) is 8.48. The molecule has 0 radical (unpaired) electrons. The van der Waals surface area contributed by atoms with Crippen molar-refractivity contribution in [2.45, 2.75) is 4.90 Å². The van der Waals surface area contributed by atoms with E-state index in [0.29, 0.717) is 17.6 Å². The fraction of sp³-hybridized carbons (Fsp3) is 0.364. The number of benzene rings is 1. The van der Waals surface area contributed by atoms with E-state index < -0.39 is 10.0 Å². The van der Waals surface area contributed by atoms with Crippen LogP contribution < -0.4 is 0 Å². The topological polar surface area (TPSA) is 81.4 Å². The van der Waals surface area contributed by atoms with Crippen LogP contribution in [0.1, 0.15) is 5.56 Å². The zero-order valence-corrected chi connectivity index (χ0v) is 11.8. The molecule has 0 atom stereocenters. The average Bonchev–Trinajstić information content (AvgIpc) is 2.27. The fourth-order valence-corrected chi connectivity index (χ4v) is 4.05. The molecule has 1 N–H and O–H groups in total. The Morgan fingerprint density at radius 3 is 2.72 bits per heavy atom. The number of rotatable bonds is 3. The summed E-state index contributed by atoms with van der Waals surface area (Å²) < 4.78 is 26.4. The maximum atomic E-state index is 12.3. The van der Waals surface area contributed by atoms with Crippen LogP contribution >= 0.6 is 15.9 Å². The van der Waals surface area contributed by atoms with Gasteiger partial charge in [0.25, 0.3) is 0 Å². The van der Waals surface area contributed by atoms with Gasteiger partial charge in [-0.1, -0.05) is 15.9 Å². The van der Waals surface area contributed by atoms with Gasteiger partial charge in [0.05, 0.1) is 5.56 Å². The zero-order chi connectivity index (χ0) is 13.3. The monoisotopic (exact) mass is 330 g/mol. The van der Waals surface area contributed by atoms with Gasteiger partial charge in [-0.05, 0) is 18.2 Å². The molecule has 0 saturated carbocycles. The Morgan fingerprint density at radius 1 is 1.50 bits per heavy atom. The number of aliphatic hydroxyl groups excluding tert-OH is 1. The van der Waals surface area contributed by atoms with E-state index in [9.17, 15) is 8.42 Å². The number of halogens is 1. The average molecular weight is 331 g/mol. The lowest BCUT2D eigenvalue weighted by Gasteiger charge is -2.37. The molecule has 1 aliphatic heterocycles. The summed E-state index contributed by atoms with van der Waals surface area (Å²) in [4.78, 5) is 0.00997. The number of nitrogens with zero attached hydrogens (tertiary/aromatic N) is 2. The van der Waals surface area contributed by atoms with Crippen molar-refractivity contribution in [3.05, 3.63) is 28.2 Å². The van der Waals surface area contributed by atoms with Crippen LogP contribution in [0.5, 0.6) is 0 Å². The summed E-state index contributed by atoms with van der Waals surface area (Å²) >= 11 is 3.20. The van der Waals surface area contributed by atoms with Crippen molar-refractivity contribution in [2.75, 3.05) is 19.7 Å². The van der Waals surface area contributed by atoms with Crippen LogP contribution in [0.15, 0.2) is 27.6 Å². The number of sulfonamides is 1. The third-order valence-corrected chi connectivity index (χ3v) is 5.23. The van der Waals surface area contributed by atoms with E-state index in [-0.39, 0.29) is 23.0 Å². The summed E-state index contributed by atoms with van der Waals surface area (Å²) in [5.41, 5.74) is 0.130. The summed E-state index contributed by atoms with van der Waals surface area (Å²) in [6, 6.07) is 6.41. The maximum Gasteiger partial charge on any atom is 0.244 e. The van der Waals surface area contributed by atoms with Crippen molar-refractivity contribution >= 4 is 26.0 Å². The quantitative estimate of drug-likeness (QED) is 0.894. The molecule has 1 heterocycles. The van der Waals surface area contributed by atoms with Gasteiger partial charge in [0, 0.05) is 30.1 Å². The second-order valence-electron chi connectivity index (χ2n) is 4.12. The van der Waals surface area contributed by atoms with E-state index in [2.05, 4.69) is 15.9 Å². The third-order valence-electron chi connectivity index (χ3n) is 2.86. The molecule has 1 aliphatic rings. The molecule has 0 spiro atoms. The Hall–Kier alpha value is -0.940. The van der Waals surface area contributed by atoms with Crippen molar-refractivity contribution in [1.82, 2.24) is 4.31 Å². The Morgan fingerprint density at radius 2 is 2.17 bits per heavy atom. The second kappa shape index (κ2) is 4.97. The molecule has 2 rings (SSSR count). The molecule has 0 amide bonds. The molecule has 7 heteroatoms. The second-order valence-corrected chi connectivity index (χ2v) is 6.94. The molecule has 1 aromatic rings. The summed E-state index contributed by atoms with van der Waals surface area (Å²) in [6.07, 6.45) is 0. The zero-order valence-electron chi connectivity index (χ0n) is 9.38. The minimum absolute atomic E-state index is 0.00235. The lowest BCUT2D eigenvalue weighted by atomic mass is 10.1. The highest BCUT2D eigenvalue weighted by molar-refractivity contribution is 9.10. The minimum Gasteiger partial charge on any atom is -0.396 e. The predicted molar refractivity (Wildman–Crippen MR) is 68.2 cm³/mol. The molecule has 96 valence electrons. The Bertz CT molecular complexity index is 603. The largest absolute Gasteiger partial charge is 0.396 e. The van der Waals surface area contributed by atoms with E-state index in [1.165, 1.54) is 16.4 Å². The van der Waals surface area contributed by atoms with Gasteiger partial charge in [-0.2, -0.15) is 9.57 Å². The highest BCUT2D eigenvalue weighted by Crippen LogP contribution is 2.28. The van der Waals surface area contributed by atoms with Crippen molar-refractivity contribution in [3.8, 4) is 6.07 Å². The summed E-state index contributed by atoms with van der Waals surface area (Å²) in [5, 5.41) is 17.9. The van der Waals surface area contributed by atoms with E-state index in [1.807, 2.05) is 6.07 Å². The number of aliphatic hydroxyl groups is 1. The van der Waals surface area contributed by atoms with E-state index in [4.69, 9.17) is 10.4 Å². The summed E-state index contributed by atoms with van der Waals surface area (Å²) in [7, 11) is -3.64. The summed E-state index contributed by atoms with van der Waals surface area (Å²) in [6.45, 7) is 0.585. The van der Waals surface area contributed by atoms with Crippen LogP contribution in [0, 0.1) is 17.2 Å². The summed E-state index contributed by atoms with van der Waals surface area (Å²) in [5.74, 6) is -0.00235. The maximum absolute atomic E-state index is 12.3. The lowest BCUT2D eigenvalue weighted by molar-refractivity contribution is 0.117. The first-order valence-corrected chi connectivity index (χ1v) is 7.53. The molecular weight excluding hydrogens is 320 g/mol. The van der Waals surface area contributed by atoms with Crippen LogP contribution in [0.2, 0.25) is 0 Å². The molecule has 1 aromatic carbocycles. The van der Waals surface area contributed by atoms with Crippen LogP contribution in [-0.4, -0.2) is 37.5 Å². The molecular formula is C11H11BrN2O3S. The van der Waals surface area contributed by atoms with Gasteiger partial charge in [0.2, 0.25) is 10.0 Å². The van der Waals surface area contributed by atoms with Gasteiger partial charge in [0.15, 0.2) is 0 Å². The highest BCUT2D eigenvalue weighted by atomic mass is 79.9. The van der Waals surface area contributed by atoms with Crippen molar-refractivity contribution in [3.63, 3.8) is 0 Å². The van der Waals surface area contributed by atoms with E-state index >= 15 is 0 Å². The van der Waals surface area contributed by atoms with Gasteiger partial charge in [0.1, 0.15) is 11.0 Å². The van der Waals surface area contributed by atoms with Gasteiger partial charge >= 0.3 is 0 Å². The Labute approximate surface area is 114 Å². The van der Waals surface area contributed by atoms with Crippen LogP contribution in [0.3, 0.4) is 0 Å². The molecule has 0 aliphatic carbocycles. The van der Waals surface area contributed by atoms with E-state index in [1.54, 1.807) is 6.07 Å². The Balaban J connectivity index is 2.37. The number of nitriles is 1. The van der Waals surface area contributed by atoms with Crippen molar-refractivity contribution < 1.29 is 13.5 Å². The first kappa shape index (κ1) is 13.5. The first-order valence-electron chi connectivity index (χ1n) is 5.29. The number of hydrogen-bond donors (Lipinski definition) is 1. The smallest absolute Gasteiger partial charge is 0.244 e. The molecule has 1 saturated heterocycles. The van der Waals surface area contributed by atoms with Crippen molar-refractivity contribution in [1.29, 1.82) is 5.26 Å². The molecule has 0 aromatic heterocycles. The molecule has 18 heavy (non-hydrogen) atoms. The SMILES string of the molecule is N#Cc1ccc(Br)cc1S(=O)(=O)N1CC(CO)C1. The third kappa shape index (κ3) is 2.29. The van der Waals surface area contributed by atoms with E-state index in [0.717, 1.165) is 0 Å². The van der Waals surface area contributed by atoms with Crippen molar-refractivity contribution in [2.24, 2.45) is 5.92 Å². The molecule has 5 nitrogen and oxygen atoms in total. The Kier molecular flexibility index (Phi) is 3.73. The van der Waals surface area contributed by atoms with Gasteiger partial charge in [-0.3, -0.25) is 0 Å².